The lowest BCUT2D eigenvalue weighted by molar-refractivity contribution is -0.159. The normalized spacial score (nSPS) is 16.3. The first-order valence-electron chi connectivity index (χ1n) is 6.96. The molecular formula is C16H21NO3. The Hall–Kier alpha value is -1.84. The molecule has 4 nitrogen and oxygen atoms in total. The van der Waals surface area contributed by atoms with Gasteiger partial charge in [-0.15, -0.1) is 0 Å². The Morgan fingerprint density at radius 3 is 2.30 bits per heavy atom. The number of aliphatic carboxylic acids is 1. The molecule has 1 fully saturated rings. The monoisotopic (exact) mass is 275 g/mol. The summed E-state index contributed by atoms with van der Waals surface area (Å²) in [5.74, 6) is -0.923. The van der Waals surface area contributed by atoms with Gasteiger partial charge in [0, 0.05) is 20.0 Å². The highest BCUT2D eigenvalue weighted by molar-refractivity contribution is 5.85. The maximum Gasteiger partial charge on any atom is 0.310 e. The van der Waals surface area contributed by atoms with Crippen LogP contribution in [-0.4, -0.2) is 28.9 Å². The maximum absolute atomic E-state index is 12.2. The van der Waals surface area contributed by atoms with Crippen LogP contribution in [0.4, 0.5) is 0 Å². The summed E-state index contributed by atoms with van der Waals surface area (Å²) < 4.78 is 0. The lowest BCUT2D eigenvalue weighted by Crippen LogP contribution is -2.42. The van der Waals surface area contributed by atoms with Crippen molar-refractivity contribution in [2.45, 2.75) is 39.2 Å². The van der Waals surface area contributed by atoms with E-state index < -0.39 is 11.4 Å². The van der Waals surface area contributed by atoms with Crippen molar-refractivity contribution in [1.29, 1.82) is 0 Å². The van der Waals surface area contributed by atoms with Crippen molar-refractivity contribution in [3.63, 3.8) is 0 Å². The Labute approximate surface area is 119 Å². The number of amides is 1. The number of carbonyl (C=O) groups excluding carboxylic acids is 1. The quantitative estimate of drug-likeness (QED) is 0.898. The number of nitrogens with zero attached hydrogens (tertiary/aromatic N) is 1. The Morgan fingerprint density at radius 2 is 1.85 bits per heavy atom. The fourth-order valence-corrected chi connectivity index (χ4v) is 2.55. The average Bonchev–Trinajstić information content (AvgIpc) is 2.35. The molecule has 0 aliphatic heterocycles. The van der Waals surface area contributed by atoms with Crippen LogP contribution in [0.1, 0.15) is 36.8 Å². The molecule has 0 atom stereocenters. The topological polar surface area (TPSA) is 57.6 Å². The zero-order valence-electron chi connectivity index (χ0n) is 12.1. The molecule has 1 aliphatic carbocycles. The minimum atomic E-state index is -0.833. The molecule has 1 N–H and O–H groups in total. The third-order valence-electron chi connectivity index (χ3n) is 4.22. The van der Waals surface area contributed by atoms with Gasteiger partial charge in [0.25, 0.3) is 0 Å². The predicted molar refractivity (Wildman–Crippen MR) is 76.2 cm³/mol. The molecule has 1 aromatic rings. The molecule has 0 saturated heterocycles. The third kappa shape index (κ3) is 3.00. The van der Waals surface area contributed by atoms with Crippen molar-refractivity contribution in [2.24, 2.45) is 5.41 Å². The molecule has 0 radical (unpaired) electrons. The molecule has 0 aromatic heterocycles. The Bertz CT molecular complexity index is 503. The smallest absolute Gasteiger partial charge is 0.310 e. The fourth-order valence-electron chi connectivity index (χ4n) is 2.55. The molecule has 4 heteroatoms. The van der Waals surface area contributed by atoms with Crippen LogP contribution >= 0.6 is 0 Å². The van der Waals surface area contributed by atoms with Crippen molar-refractivity contribution >= 4 is 11.9 Å². The zero-order chi connectivity index (χ0) is 14.8. The number of carbonyl (C=O) groups is 2. The molecule has 0 spiro atoms. The summed E-state index contributed by atoms with van der Waals surface area (Å²) >= 11 is 0. The van der Waals surface area contributed by atoms with Gasteiger partial charge in [-0.1, -0.05) is 36.2 Å². The first-order chi connectivity index (χ1) is 9.43. The number of aryl methyl sites for hydroxylation is 1. The van der Waals surface area contributed by atoms with Gasteiger partial charge in [-0.2, -0.15) is 0 Å². The molecule has 0 unspecified atom stereocenters. The standard InChI is InChI=1S/C16H21NO3/c1-12-4-6-13(7-5-12)11-17(2)14(18)10-16(15(19)20)8-3-9-16/h4-7H,3,8-11H2,1-2H3,(H,19,20). The van der Waals surface area contributed by atoms with E-state index >= 15 is 0 Å². The minimum absolute atomic E-state index is 0.0901. The molecule has 2 rings (SSSR count). The molecular weight excluding hydrogens is 254 g/mol. The number of benzene rings is 1. The summed E-state index contributed by atoms with van der Waals surface area (Å²) in [6, 6.07) is 8.02. The molecule has 1 aromatic carbocycles. The van der Waals surface area contributed by atoms with Crippen LogP contribution in [0, 0.1) is 12.3 Å². The number of carboxylic acid groups (broad SMARTS) is 1. The largest absolute Gasteiger partial charge is 0.481 e. The molecule has 20 heavy (non-hydrogen) atoms. The van der Waals surface area contributed by atoms with Gasteiger partial charge in [0.15, 0.2) is 0 Å². The third-order valence-corrected chi connectivity index (χ3v) is 4.22. The summed E-state index contributed by atoms with van der Waals surface area (Å²) in [6.07, 6.45) is 2.25. The molecule has 108 valence electrons. The average molecular weight is 275 g/mol. The van der Waals surface area contributed by atoms with Gasteiger partial charge >= 0.3 is 5.97 Å². The van der Waals surface area contributed by atoms with E-state index in [1.54, 1.807) is 11.9 Å². The van der Waals surface area contributed by atoms with Crippen molar-refractivity contribution in [2.75, 3.05) is 7.05 Å². The second-order valence-electron chi connectivity index (χ2n) is 5.85. The highest BCUT2D eigenvalue weighted by Crippen LogP contribution is 2.44. The molecule has 0 heterocycles. The lowest BCUT2D eigenvalue weighted by atomic mass is 9.66. The van der Waals surface area contributed by atoms with Gasteiger partial charge in [-0.05, 0) is 25.3 Å². The summed E-state index contributed by atoms with van der Waals surface area (Å²) in [5, 5.41) is 9.26. The first kappa shape index (κ1) is 14.6. The predicted octanol–water partition coefficient (Wildman–Crippen LogP) is 2.60. The number of carboxylic acids is 1. The van der Waals surface area contributed by atoms with Gasteiger partial charge < -0.3 is 10.0 Å². The van der Waals surface area contributed by atoms with E-state index in [1.807, 2.05) is 31.2 Å². The van der Waals surface area contributed by atoms with Crippen LogP contribution in [0.5, 0.6) is 0 Å². The number of hydrogen-bond donors (Lipinski definition) is 1. The molecule has 1 amide bonds. The van der Waals surface area contributed by atoms with Crippen LogP contribution in [0.2, 0.25) is 0 Å². The molecule has 1 aliphatic rings. The van der Waals surface area contributed by atoms with Gasteiger partial charge in [-0.25, -0.2) is 0 Å². The van der Waals surface area contributed by atoms with Crippen molar-refractivity contribution in [1.82, 2.24) is 4.90 Å². The van der Waals surface area contributed by atoms with Crippen molar-refractivity contribution in [3.8, 4) is 0 Å². The molecule has 1 saturated carbocycles. The summed E-state index contributed by atoms with van der Waals surface area (Å²) in [6.45, 7) is 2.54. The van der Waals surface area contributed by atoms with Crippen LogP contribution in [-0.2, 0) is 16.1 Å². The highest BCUT2D eigenvalue weighted by atomic mass is 16.4. The van der Waals surface area contributed by atoms with E-state index in [1.165, 1.54) is 5.56 Å². The first-order valence-corrected chi connectivity index (χ1v) is 6.96. The van der Waals surface area contributed by atoms with E-state index in [0.717, 1.165) is 12.0 Å². The van der Waals surface area contributed by atoms with Crippen molar-refractivity contribution < 1.29 is 14.7 Å². The SMILES string of the molecule is Cc1ccc(CN(C)C(=O)CC2(C(=O)O)CCC2)cc1. The second-order valence-corrected chi connectivity index (χ2v) is 5.85. The van der Waals surface area contributed by atoms with Crippen LogP contribution < -0.4 is 0 Å². The van der Waals surface area contributed by atoms with E-state index in [2.05, 4.69) is 0 Å². The van der Waals surface area contributed by atoms with E-state index in [0.29, 0.717) is 19.4 Å². The Kier molecular flexibility index (Phi) is 4.12. The zero-order valence-corrected chi connectivity index (χ0v) is 12.1. The van der Waals surface area contributed by atoms with Crippen molar-refractivity contribution in [3.05, 3.63) is 35.4 Å². The summed E-state index contributed by atoms with van der Waals surface area (Å²) in [7, 11) is 1.73. The van der Waals surface area contributed by atoms with Crippen LogP contribution in [0.15, 0.2) is 24.3 Å². The van der Waals surface area contributed by atoms with E-state index in [-0.39, 0.29) is 12.3 Å². The highest BCUT2D eigenvalue weighted by Gasteiger charge is 2.46. The van der Waals surface area contributed by atoms with E-state index in [9.17, 15) is 14.7 Å². The Morgan fingerprint density at radius 1 is 1.25 bits per heavy atom. The summed E-state index contributed by atoms with van der Waals surface area (Å²) in [4.78, 5) is 25.1. The van der Waals surface area contributed by atoms with Gasteiger partial charge in [0.2, 0.25) is 5.91 Å². The second kappa shape index (κ2) is 5.65. The molecule has 0 bridgehead atoms. The maximum atomic E-state index is 12.2. The minimum Gasteiger partial charge on any atom is -0.481 e. The summed E-state index contributed by atoms with van der Waals surface area (Å²) in [5.41, 5.74) is 1.44. The van der Waals surface area contributed by atoms with Crippen LogP contribution in [0.3, 0.4) is 0 Å². The number of hydrogen-bond acceptors (Lipinski definition) is 2. The van der Waals surface area contributed by atoms with E-state index in [4.69, 9.17) is 0 Å². The lowest BCUT2D eigenvalue weighted by Gasteiger charge is -2.38. The fraction of sp³-hybridized carbons (Fsp3) is 0.500. The van der Waals surface area contributed by atoms with Gasteiger partial charge in [0.1, 0.15) is 0 Å². The van der Waals surface area contributed by atoms with Gasteiger partial charge in [-0.3, -0.25) is 9.59 Å². The van der Waals surface area contributed by atoms with Crippen LogP contribution in [0.25, 0.3) is 0 Å². The van der Waals surface area contributed by atoms with Gasteiger partial charge in [0.05, 0.1) is 5.41 Å². The number of rotatable bonds is 5. The Balaban J connectivity index is 1.95.